The van der Waals surface area contributed by atoms with Gasteiger partial charge in [0.1, 0.15) is 6.54 Å². The molecule has 0 aliphatic carbocycles. The molecule has 1 aliphatic rings. The van der Waals surface area contributed by atoms with E-state index >= 15 is 0 Å². The number of carbonyl (C=O) groups is 2. The quantitative estimate of drug-likeness (QED) is 0.891. The van der Waals surface area contributed by atoms with Crippen molar-refractivity contribution in [2.45, 2.75) is 26.3 Å². The van der Waals surface area contributed by atoms with Crippen molar-refractivity contribution >= 4 is 17.5 Å². The fraction of sp³-hybridized carbons (Fsp3) is 0.467. The van der Waals surface area contributed by atoms with Crippen LogP contribution in [0.4, 0.5) is 5.69 Å². The third kappa shape index (κ3) is 3.17. The van der Waals surface area contributed by atoms with E-state index in [-0.39, 0.29) is 24.4 Å². The summed E-state index contributed by atoms with van der Waals surface area (Å²) >= 11 is 0. The summed E-state index contributed by atoms with van der Waals surface area (Å²) in [6, 6.07) is 7.64. The maximum atomic E-state index is 12.3. The molecule has 0 bridgehead atoms. The van der Waals surface area contributed by atoms with Gasteiger partial charge in [0.05, 0.1) is 0 Å². The maximum absolute atomic E-state index is 12.3. The zero-order valence-corrected chi connectivity index (χ0v) is 12.0. The second kappa shape index (κ2) is 6.05. The molecule has 1 saturated heterocycles. The Morgan fingerprint density at radius 3 is 2.65 bits per heavy atom. The van der Waals surface area contributed by atoms with E-state index in [0.29, 0.717) is 13.1 Å². The van der Waals surface area contributed by atoms with Gasteiger partial charge in [0.2, 0.25) is 11.8 Å². The second-order valence-electron chi connectivity index (χ2n) is 5.28. The van der Waals surface area contributed by atoms with Crippen LogP contribution < -0.4 is 10.6 Å². The Morgan fingerprint density at radius 1 is 1.40 bits per heavy atom. The summed E-state index contributed by atoms with van der Waals surface area (Å²) in [6.45, 7) is 4.75. The average Bonchev–Trinajstić information content (AvgIpc) is 2.83. The van der Waals surface area contributed by atoms with Crippen molar-refractivity contribution in [3.63, 3.8) is 0 Å². The number of hydrogen-bond acceptors (Lipinski definition) is 3. The molecule has 1 aliphatic heterocycles. The van der Waals surface area contributed by atoms with Crippen LogP contribution in [0.5, 0.6) is 0 Å². The van der Waals surface area contributed by atoms with Gasteiger partial charge in [-0.3, -0.25) is 9.59 Å². The third-order valence-electron chi connectivity index (χ3n) is 3.66. The highest BCUT2D eigenvalue weighted by molar-refractivity contribution is 5.98. The predicted octanol–water partition coefficient (Wildman–Crippen LogP) is 0.908. The zero-order chi connectivity index (χ0) is 14.7. The lowest BCUT2D eigenvalue weighted by Gasteiger charge is -2.25. The molecule has 20 heavy (non-hydrogen) atoms. The van der Waals surface area contributed by atoms with Gasteiger partial charge in [-0.2, -0.15) is 0 Å². The Labute approximate surface area is 119 Å². The van der Waals surface area contributed by atoms with E-state index in [9.17, 15) is 9.59 Å². The number of para-hydroxylation sites is 1. The van der Waals surface area contributed by atoms with Crippen LogP contribution in [0.2, 0.25) is 0 Å². The van der Waals surface area contributed by atoms with Crippen molar-refractivity contribution < 1.29 is 9.59 Å². The molecular weight excluding hydrogens is 254 g/mol. The number of benzene rings is 1. The minimum atomic E-state index is -0.129. The maximum Gasteiger partial charge on any atom is 0.242 e. The van der Waals surface area contributed by atoms with Gasteiger partial charge in [-0.05, 0) is 25.0 Å². The number of carbonyl (C=O) groups excluding carboxylic acids is 2. The first kappa shape index (κ1) is 14.5. The number of likely N-dealkylation sites (tertiary alicyclic amines) is 1. The molecule has 0 spiro atoms. The molecule has 2 amide bonds. The molecule has 0 radical (unpaired) electrons. The first-order valence-electron chi connectivity index (χ1n) is 6.86. The number of nitrogens with two attached hydrogens (primary N) is 1. The van der Waals surface area contributed by atoms with Gasteiger partial charge in [0.25, 0.3) is 0 Å². The summed E-state index contributed by atoms with van der Waals surface area (Å²) in [5.74, 6) is -0.174. The number of aryl methyl sites for hydroxylation is 1. The van der Waals surface area contributed by atoms with Crippen LogP contribution in [-0.2, 0) is 9.59 Å². The van der Waals surface area contributed by atoms with Gasteiger partial charge < -0.3 is 15.5 Å². The Kier molecular flexibility index (Phi) is 4.39. The highest BCUT2D eigenvalue weighted by Crippen LogP contribution is 2.20. The lowest BCUT2D eigenvalue weighted by molar-refractivity contribution is -0.130. The van der Waals surface area contributed by atoms with E-state index in [1.165, 1.54) is 11.8 Å². The van der Waals surface area contributed by atoms with Crippen LogP contribution in [0.3, 0.4) is 0 Å². The molecule has 1 fully saturated rings. The Balaban J connectivity index is 2.13. The standard InChI is InChI=1S/C15H21N3O2/c1-11-5-3-4-6-14(11)18(12(2)19)10-15(20)17-8-7-13(16)9-17/h3-6,13H,7-10,16H2,1-2H3. The predicted molar refractivity (Wildman–Crippen MR) is 78.4 cm³/mol. The van der Waals surface area contributed by atoms with Gasteiger partial charge >= 0.3 is 0 Å². The van der Waals surface area contributed by atoms with E-state index < -0.39 is 0 Å². The van der Waals surface area contributed by atoms with E-state index in [2.05, 4.69) is 0 Å². The van der Waals surface area contributed by atoms with E-state index in [1.54, 1.807) is 4.90 Å². The summed E-state index contributed by atoms with van der Waals surface area (Å²) in [7, 11) is 0. The van der Waals surface area contributed by atoms with E-state index in [4.69, 9.17) is 5.73 Å². The summed E-state index contributed by atoms with van der Waals surface area (Å²) in [6.07, 6.45) is 0.830. The summed E-state index contributed by atoms with van der Waals surface area (Å²) in [5.41, 5.74) is 7.58. The fourth-order valence-electron chi connectivity index (χ4n) is 2.48. The minimum absolute atomic E-state index is 0.0450. The number of rotatable bonds is 3. The topological polar surface area (TPSA) is 66.6 Å². The molecule has 5 nitrogen and oxygen atoms in total. The van der Waals surface area contributed by atoms with Gasteiger partial charge in [0.15, 0.2) is 0 Å². The van der Waals surface area contributed by atoms with Crippen LogP contribution in [0.15, 0.2) is 24.3 Å². The molecule has 108 valence electrons. The Bertz CT molecular complexity index is 516. The molecule has 1 unspecified atom stereocenters. The molecule has 0 aromatic heterocycles. The molecule has 5 heteroatoms. The van der Waals surface area contributed by atoms with E-state index in [0.717, 1.165) is 17.7 Å². The van der Waals surface area contributed by atoms with Crippen molar-refractivity contribution in [2.24, 2.45) is 5.73 Å². The van der Waals surface area contributed by atoms with Crippen molar-refractivity contribution in [2.75, 3.05) is 24.5 Å². The number of hydrogen-bond donors (Lipinski definition) is 1. The smallest absolute Gasteiger partial charge is 0.242 e. The zero-order valence-electron chi connectivity index (χ0n) is 12.0. The van der Waals surface area contributed by atoms with E-state index in [1.807, 2.05) is 31.2 Å². The van der Waals surface area contributed by atoms with Crippen LogP contribution in [0.1, 0.15) is 18.9 Å². The lowest BCUT2D eigenvalue weighted by Crippen LogP contribution is -2.42. The third-order valence-corrected chi connectivity index (χ3v) is 3.66. The second-order valence-corrected chi connectivity index (χ2v) is 5.28. The van der Waals surface area contributed by atoms with Crippen LogP contribution in [0.25, 0.3) is 0 Å². The van der Waals surface area contributed by atoms with Gasteiger partial charge in [-0.15, -0.1) is 0 Å². The summed E-state index contributed by atoms with van der Waals surface area (Å²) < 4.78 is 0. The molecular formula is C15H21N3O2. The first-order chi connectivity index (χ1) is 9.49. The molecule has 1 aromatic carbocycles. The molecule has 2 N–H and O–H groups in total. The fourth-order valence-corrected chi connectivity index (χ4v) is 2.48. The monoisotopic (exact) mass is 275 g/mol. The highest BCUT2D eigenvalue weighted by atomic mass is 16.2. The van der Waals surface area contributed by atoms with Crippen molar-refractivity contribution in [1.82, 2.24) is 4.90 Å². The molecule has 1 aromatic rings. The molecule has 2 rings (SSSR count). The van der Waals surface area contributed by atoms with Crippen LogP contribution in [-0.4, -0.2) is 42.4 Å². The van der Waals surface area contributed by atoms with Crippen molar-refractivity contribution in [3.8, 4) is 0 Å². The van der Waals surface area contributed by atoms with Gasteiger partial charge in [-0.1, -0.05) is 18.2 Å². The van der Waals surface area contributed by atoms with Crippen LogP contribution in [0, 0.1) is 6.92 Å². The Morgan fingerprint density at radius 2 is 2.10 bits per heavy atom. The Hall–Kier alpha value is -1.88. The summed E-state index contributed by atoms with van der Waals surface area (Å²) in [4.78, 5) is 27.4. The van der Waals surface area contributed by atoms with Gasteiger partial charge in [0, 0.05) is 31.7 Å². The minimum Gasteiger partial charge on any atom is -0.340 e. The molecule has 1 heterocycles. The SMILES string of the molecule is CC(=O)N(CC(=O)N1CCC(N)C1)c1ccccc1C. The number of nitrogens with zero attached hydrogens (tertiary/aromatic N) is 2. The number of anilines is 1. The largest absolute Gasteiger partial charge is 0.340 e. The van der Waals surface area contributed by atoms with Crippen molar-refractivity contribution in [1.29, 1.82) is 0 Å². The highest BCUT2D eigenvalue weighted by Gasteiger charge is 2.26. The lowest BCUT2D eigenvalue weighted by atomic mass is 10.2. The molecule has 1 atom stereocenters. The summed E-state index contributed by atoms with van der Waals surface area (Å²) in [5, 5.41) is 0. The van der Waals surface area contributed by atoms with Gasteiger partial charge in [-0.25, -0.2) is 0 Å². The average molecular weight is 275 g/mol. The molecule has 0 saturated carbocycles. The van der Waals surface area contributed by atoms with Crippen molar-refractivity contribution in [3.05, 3.63) is 29.8 Å². The first-order valence-corrected chi connectivity index (χ1v) is 6.86. The van der Waals surface area contributed by atoms with Crippen LogP contribution >= 0.6 is 0 Å². The normalized spacial score (nSPS) is 18.1. The number of amides is 2.